The first kappa shape index (κ1) is 29.8. The van der Waals surface area contributed by atoms with Gasteiger partial charge in [0.15, 0.2) is 0 Å². The fourth-order valence-corrected chi connectivity index (χ4v) is 5.93. The van der Waals surface area contributed by atoms with Crippen LogP contribution in [0.25, 0.3) is 33.4 Å². The van der Waals surface area contributed by atoms with E-state index in [1.54, 1.807) is 0 Å². The molecule has 0 saturated carbocycles. The Morgan fingerprint density at radius 3 is 0.978 bits per heavy atom. The molecule has 0 aliphatic carbocycles. The minimum absolute atomic E-state index is 0.359. The number of hydrogen-bond acceptors (Lipinski definition) is 3. The fraction of sp³-hybridized carbons (Fsp3) is 0.143. The predicted octanol–water partition coefficient (Wildman–Crippen LogP) is 10.5. The van der Waals surface area contributed by atoms with Crippen molar-refractivity contribution in [3.05, 3.63) is 158 Å². The first-order valence-electron chi connectivity index (χ1n) is 15.9. The lowest BCUT2D eigenvalue weighted by molar-refractivity contribution is 0.00578. The Morgan fingerprint density at radius 2 is 0.652 bits per heavy atom. The highest BCUT2D eigenvalue weighted by atomic mass is 16.7. The first-order valence-corrected chi connectivity index (χ1v) is 15.9. The normalized spacial score (nSPS) is 15.1. The van der Waals surface area contributed by atoms with E-state index in [2.05, 4.69) is 190 Å². The van der Waals surface area contributed by atoms with Crippen molar-refractivity contribution >= 4 is 29.6 Å². The molecule has 0 bridgehead atoms. The minimum atomic E-state index is -0.364. The summed E-state index contributed by atoms with van der Waals surface area (Å²) >= 11 is 0. The topological polar surface area (TPSA) is 21.7 Å². The lowest BCUT2D eigenvalue weighted by Crippen LogP contribution is -2.41. The Balaban J connectivity index is 1.18. The lowest BCUT2D eigenvalue weighted by atomic mass is 9.78. The molecule has 0 radical (unpaired) electrons. The second-order valence-electron chi connectivity index (χ2n) is 12.9. The molecule has 1 fully saturated rings. The highest BCUT2D eigenvalue weighted by Gasteiger charge is 2.51. The van der Waals surface area contributed by atoms with Crippen LogP contribution >= 0.6 is 0 Å². The molecule has 6 aromatic rings. The Bertz CT molecular complexity index is 1800. The second-order valence-corrected chi connectivity index (χ2v) is 12.9. The third-order valence-corrected chi connectivity index (χ3v) is 9.36. The monoisotopic (exact) mass is 599 g/mol. The first-order chi connectivity index (χ1) is 22.3. The molecule has 1 aliphatic heterocycles. The van der Waals surface area contributed by atoms with Crippen LogP contribution in [0.15, 0.2) is 158 Å². The predicted molar refractivity (Wildman–Crippen MR) is 193 cm³/mol. The van der Waals surface area contributed by atoms with Crippen molar-refractivity contribution in [2.75, 3.05) is 4.90 Å². The van der Waals surface area contributed by atoms with Crippen LogP contribution < -0.4 is 10.4 Å². The Kier molecular flexibility index (Phi) is 7.86. The smallest absolute Gasteiger partial charge is 0.399 e. The quantitative estimate of drug-likeness (QED) is 0.171. The van der Waals surface area contributed by atoms with E-state index in [-0.39, 0.29) is 18.3 Å². The van der Waals surface area contributed by atoms with Gasteiger partial charge in [-0.15, -0.1) is 0 Å². The van der Waals surface area contributed by atoms with Gasteiger partial charge in [0.1, 0.15) is 0 Å². The molecule has 1 saturated heterocycles. The molecule has 0 N–H and O–H groups in total. The molecule has 3 nitrogen and oxygen atoms in total. The van der Waals surface area contributed by atoms with E-state index in [0.29, 0.717) is 0 Å². The molecule has 0 aromatic heterocycles. The van der Waals surface area contributed by atoms with E-state index in [4.69, 9.17) is 9.31 Å². The van der Waals surface area contributed by atoms with Crippen LogP contribution in [0.2, 0.25) is 0 Å². The Morgan fingerprint density at radius 1 is 0.370 bits per heavy atom. The standard InChI is InChI=1S/C42H38BNO2/c1-41(2)42(3,4)46-43(45-41)37-23-15-33(16-24-37)36-21-29-40(30-22-36)44(38-25-17-34(18-26-38)31-11-7-5-8-12-31)39-27-19-35(20-28-39)32-13-9-6-10-14-32/h5-30H,1-4H3. The summed E-state index contributed by atoms with van der Waals surface area (Å²) in [6, 6.07) is 56.0. The zero-order chi connectivity index (χ0) is 31.7. The van der Waals surface area contributed by atoms with Gasteiger partial charge in [0, 0.05) is 17.1 Å². The summed E-state index contributed by atoms with van der Waals surface area (Å²) in [6.45, 7) is 8.34. The van der Waals surface area contributed by atoms with Crippen molar-refractivity contribution in [1.29, 1.82) is 0 Å². The summed E-state index contributed by atoms with van der Waals surface area (Å²) in [7, 11) is -0.364. The van der Waals surface area contributed by atoms with Crippen LogP contribution in [0.3, 0.4) is 0 Å². The lowest BCUT2D eigenvalue weighted by Gasteiger charge is -2.32. The maximum absolute atomic E-state index is 6.26. The van der Waals surface area contributed by atoms with Crippen LogP contribution in [0.5, 0.6) is 0 Å². The average Bonchev–Trinajstić information content (AvgIpc) is 3.32. The molecule has 7 rings (SSSR count). The molecule has 6 aromatic carbocycles. The molecule has 0 unspecified atom stereocenters. The fourth-order valence-electron chi connectivity index (χ4n) is 5.93. The van der Waals surface area contributed by atoms with Crippen LogP contribution in [-0.2, 0) is 9.31 Å². The summed E-state index contributed by atoms with van der Waals surface area (Å²) in [5.74, 6) is 0. The molecule has 46 heavy (non-hydrogen) atoms. The largest absolute Gasteiger partial charge is 0.494 e. The third-order valence-electron chi connectivity index (χ3n) is 9.36. The summed E-state index contributed by atoms with van der Waals surface area (Å²) < 4.78 is 12.5. The van der Waals surface area contributed by atoms with Crippen LogP contribution in [0, 0.1) is 0 Å². The van der Waals surface area contributed by atoms with Gasteiger partial charge in [0.2, 0.25) is 0 Å². The maximum atomic E-state index is 6.26. The highest BCUT2D eigenvalue weighted by molar-refractivity contribution is 6.62. The van der Waals surface area contributed by atoms with E-state index in [9.17, 15) is 0 Å². The molecular weight excluding hydrogens is 561 g/mol. The van der Waals surface area contributed by atoms with E-state index >= 15 is 0 Å². The molecule has 0 atom stereocenters. The van der Waals surface area contributed by atoms with Gasteiger partial charge in [-0.3, -0.25) is 0 Å². The number of anilines is 3. The SMILES string of the molecule is CC1(C)OB(c2ccc(-c3ccc(N(c4ccc(-c5ccccc5)cc4)c4ccc(-c5ccccc5)cc4)cc3)cc2)OC1(C)C. The average molecular weight is 600 g/mol. The molecule has 226 valence electrons. The van der Waals surface area contributed by atoms with Crippen molar-refractivity contribution in [2.45, 2.75) is 38.9 Å². The van der Waals surface area contributed by atoms with E-state index in [1.807, 2.05) is 0 Å². The van der Waals surface area contributed by atoms with Gasteiger partial charge in [-0.1, -0.05) is 121 Å². The van der Waals surface area contributed by atoms with E-state index in [1.165, 1.54) is 22.3 Å². The zero-order valence-electron chi connectivity index (χ0n) is 26.9. The van der Waals surface area contributed by atoms with Crippen LogP contribution in [-0.4, -0.2) is 18.3 Å². The van der Waals surface area contributed by atoms with E-state index < -0.39 is 0 Å². The maximum Gasteiger partial charge on any atom is 0.494 e. The van der Waals surface area contributed by atoms with Crippen LogP contribution in [0.1, 0.15) is 27.7 Å². The van der Waals surface area contributed by atoms with Gasteiger partial charge >= 0.3 is 7.12 Å². The van der Waals surface area contributed by atoms with Gasteiger partial charge in [-0.25, -0.2) is 0 Å². The van der Waals surface area contributed by atoms with Gasteiger partial charge in [-0.2, -0.15) is 0 Å². The zero-order valence-corrected chi connectivity index (χ0v) is 26.9. The molecule has 4 heteroatoms. The van der Waals surface area contributed by atoms with Crippen molar-refractivity contribution in [3.63, 3.8) is 0 Å². The minimum Gasteiger partial charge on any atom is -0.399 e. The third kappa shape index (κ3) is 5.90. The number of benzene rings is 6. The molecule has 1 aliphatic rings. The Labute approximate surface area is 273 Å². The van der Waals surface area contributed by atoms with Gasteiger partial charge in [0.25, 0.3) is 0 Å². The van der Waals surface area contributed by atoms with Crippen molar-refractivity contribution in [2.24, 2.45) is 0 Å². The van der Waals surface area contributed by atoms with Gasteiger partial charge < -0.3 is 14.2 Å². The molecule has 0 amide bonds. The summed E-state index contributed by atoms with van der Waals surface area (Å²) in [6.07, 6.45) is 0. The van der Waals surface area contributed by atoms with Crippen molar-refractivity contribution in [1.82, 2.24) is 0 Å². The number of nitrogens with zero attached hydrogens (tertiary/aromatic N) is 1. The number of rotatable bonds is 7. The van der Waals surface area contributed by atoms with Gasteiger partial charge in [0.05, 0.1) is 11.2 Å². The number of hydrogen-bond donors (Lipinski definition) is 0. The summed E-state index contributed by atoms with van der Waals surface area (Å²) in [4.78, 5) is 2.31. The van der Waals surface area contributed by atoms with Crippen molar-refractivity contribution < 1.29 is 9.31 Å². The Hall–Kier alpha value is -4.90. The van der Waals surface area contributed by atoms with Gasteiger partial charge in [-0.05, 0) is 103 Å². The van der Waals surface area contributed by atoms with E-state index in [0.717, 1.165) is 33.7 Å². The second kappa shape index (κ2) is 12.1. The summed E-state index contributed by atoms with van der Waals surface area (Å²) in [5, 5.41) is 0. The van der Waals surface area contributed by atoms with Crippen molar-refractivity contribution in [3.8, 4) is 33.4 Å². The highest BCUT2D eigenvalue weighted by Crippen LogP contribution is 2.39. The molecule has 0 spiro atoms. The molecular formula is C42H38BNO2. The molecule has 1 heterocycles. The van der Waals surface area contributed by atoms with Crippen LogP contribution in [0.4, 0.5) is 17.1 Å². The summed E-state index contributed by atoms with van der Waals surface area (Å²) in [5.41, 5.74) is 10.7.